The predicted octanol–water partition coefficient (Wildman–Crippen LogP) is 8.69. The maximum absolute atomic E-state index is 10.2. The van der Waals surface area contributed by atoms with Gasteiger partial charge in [-0.05, 0) is 12.8 Å². The van der Waals surface area contributed by atoms with E-state index < -0.39 is 5.97 Å². The van der Waals surface area contributed by atoms with Crippen molar-refractivity contribution in [2.75, 3.05) is 0 Å². The molecule has 0 saturated heterocycles. The van der Waals surface area contributed by atoms with Gasteiger partial charge in [0.1, 0.15) is 0 Å². The summed E-state index contributed by atoms with van der Waals surface area (Å²) in [6.07, 6.45) is 25.9. The van der Waals surface area contributed by atoms with Crippen LogP contribution in [0.2, 0.25) is 0 Å². The second kappa shape index (κ2) is 47.1. The summed E-state index contributed by atoms with van der Waals surface area (Å²) in [5, 5.41) is 10.2. The Bertz CT molecular complexity index is 240. The van der Waals surface area contributed by atoms with Gasteiger partial charge >= 0.3 is 21.7 Å². The maximum atomic E-state index is 10.2. The van der Waals surface area contributed by atoms with Crippen LogP contribution in [0.1, 0.15) is 151 Å². The average molecular weight is 461 g/mol. The Kier molecular flexibility index (Phi) is 63.6. The Hall–Kier alpha value is 0.184. The summed E-state index contributed by atoms with van der Waals surface area (Å²) in [6.45, 7) is 14.3. The van der Waals surface area contributed by atoms with Gasteiger partial charge in [0, 0.05) is 5.97 Å². The van der Waals surface area contributed by atoms with Gasteiger partial charge in [-0.3, -0.25) is 0 Å². The molecule has 0 fully saturated rings. The first kappa shape index (κ1) is 40.5. The smallest absolute Gasteiger partial charge is 0.550 e. The van der Waals surface area contributed by atoms with Crippen LogP contribution in [0.15, 0.2) is 0 Å². The van der Waals surface area contributed by atoms with Crippen molar-refractivity contribution in [3.8, 4) is 0 Å². The van der Waals surface area contributed by atoms with Crippen LogP contribution in [-0.4, -0.2) is 5.97 Å². The first-order valence-corrected chi connectivity index (χ1v) is 12.4. The van der Waals surface area contributed by atoms with Crippen LogP contribution in [0.3, 0.4) is 0 Å². The molecule has 0 amide bonds. The monoisotopic (exact) mass is 460 g/mol. The van der Waals surface area contributed by atoms with Crippen LogP contribution in [0.25, 0.3) is 0 Å². The minimum Gasteiger partial charge on any atom is -0.550 e. The third kappa shape index (κ3) is 70.5. The van der Waals surface area contributed by atoms with Crippen molar-refractivity contribution in [3.63, 3.8) is 0 Å². The summed E-state index contributed by atoms with van der Waals surface area (Å²) in [5.74, 6) is -0.903. The van der Waals surface area contributed by atoms with Crippen LogP contribution in [-0.2, 0) is 26.5 Å². The van der Waals surface area contributed by atoms with Crippen molar-refractivity contribution >= 4 is 5.97 Å². The molecule has 0 aliphatic carbocycles. The fourth-order valence-electron chi connectivity index (χ4n) is 2.64. The van der Waals surface area contributed by atoms with E-state index in [0.717, 1.165) is 12.8 Å². The molecule has 0 N–H and O–H groups in total. The molecule has 0 heterocycles. The molecular formula is C27H56O2Ti. The van der Waals surface area contributed by atoms with Crippen LogP contribution in [0.5, 0.6) is 0 Å². The molecule has 0 aliphatic heterocycles. The fourth-order valence-corrected chi connectivity index (χ4v) is 2.64. The van der Waals surface area contributed by atoms with E-state index in [-0.39, 0.29) is 28.1 Å². The molecule has 0 aromatic heterocycles. The average Bonchev–Trinajstić information content (AvgIpc) is 2.66. The van der Waals surface area contributed by atoms with Gasteiger partial charge in [-0.2, -0.15) is 41.5 Å². The molecule has 0 unspecified atom stereocenters. The normalized spacial score (nSPS) is 9.03. The van der Waals surface area contributed by atoms with Crippen molar-refractivity contribution < 1.29 is 31.6 Å². The number of unbranched alkanes of at least 4 members (excludes halogenated alkanes) is 14. The molecule has 0 atom stereocenters. The second-order valence-corrected chi connectivity index (χ2v) is 7.80. The van der Waals surface area contributed by atoms with Gasteiger partial charge < -0.3 is 29.2 Å². The van der Waals surface area contributed by atoms with E-state index in [1.54, 1.807) is 0 Å². The van der Waals surface area contributed by atoms with Crippen molar-refractivity contribution in [1.82, 2.24) is 0 Å². The summed E-state index contributed by atoms with van der Waals surface area (Å²) in [6, 6.07) is 0. The summed E-state index contributed by atoms with van der Waals surface area (Å²) in [7, 11) is 0. The van der Waals surface area contributed by atoms with Gasteiger partial charge in [0.25, 0.3) is 0 Å². The molecule has 0 aromatic carbocycles. The topological polar surface area (TPSA) is 40.1 Å². The van der Waals surface area contributed by atoms with Gasteiger partial charge in [0.2, 0.25) is 0 Å². The summed E-state index contributed by atoms with van der Waals surface area (Å²) < 4.78 is 0. The molecule has 0 spiro atoms. The third-order valence-corrected chi connectivity index (χ3v) is 3.98. The zero-order chi connectivity index (χ0) is 23.0. The number of rotatable bonds is 16. The molecule has 0 saturated carbocycles. The predicted molar refractivity (Wildman–Crippen MR) is 131 cm³/mol. The standard InChI is InChI=1S/C18H36O2.3C3H7.Ti/c1-2-3-4-5-6-7-8-9-10-11-12-13-14-15-16-17-18(19)20;3*1-3-2;/h2-17H2,1H3,(H,19,20);3*3H,1-2H3;/q;3*-1;+4/p-1. The molecule has 0 aromatic rings. The Morgan fingerprint density at radius 3 is 0.933 bits per heavy atom. The Morgan fingerprint density at radius 1 is 0.533 bits per heavy atom. The minimum atomic E-state index is -0.903. The fraction of sp³-hybridized carbons (Fsp3) is 0.852. The van der Waals surface area contributed by atoms with Crippen LogP contribution in [0, 0.1) is 19.3 Å². The number of carboxylic acid groups (broad SMARTS) is 1. The van der Waals surface area contributed by atoms with Gasteiger partial charge in [0.15, 0.2) is 0 Å². The zero-order valence-electron chi connectivity index (χ0n) is 21.9. The number of aliphatic carboxylic acids is 1. The molecule has 2 nitrogen and oxygen atoms in total. The molecule has 3 heteroatoms. The Morgan fingerprint density at radius 2 is 0.733 bits per heavy atom. The van der Waals surface area contributed by atoms with Crippen LogP contribution < -0.4 is 5.11 Å². The third-order valence-electron chi connectivity index (χ3n) is 3.98. The maximum Gasteiger partial charge on any atom is 4.00 e. The number of carbonyl (C=O) groups excluding carboxylic acids is 1. The number of hydrogen-bond donors (Lipinski definition) is 0. The molecule has 0 bridgehead atoms. The van der Waals surface area contributed by atoms with Crippen LogP contribution >= 0.6 is 0 Å². The van der Waals surface area contributed by atoms with E-state index in [2.05, 4.69) is 6.92 Å². The quantitative estimate of drug-likeness (QED) is 0.131. The molecule has 0 radical (unpaired) electrons. The first-order chi connectivity index (χ1) is 14.0. The van der Waals surface area contributed by atoms with Crippen molar-refractivity contribution in [2.45, 2.75) is 151 Å². The number of carboxylic acids is 1. The molecule has 180 valence electrons. The van der Waals surface area contributed by atoms with Crippen LogP contribution in [0.4, 0.5) is 0 Å². The molecule has 30 heavy (non-hydrogen) atoms. The van der Waals surface area contributed by atoms with E-state index in [1.807, 2.05) is 60.8 Å². The Labute approximate surface area is 207 Å². The molecular weight excluding hydrogens is 404 g/mol. The first-order valence-electron chi connectivity index (χ1n) is 12.4. The largest absolute Gasteiger partial charge is 4.00 e. The van der Waals surface area contributed by atoms with Crippen molar-refractivity contribution in [1.29, 1.82) is 0 Å². The van der Waals surface area contributed by atoms with E-state index >= 15 is 0 Å². The van der Waals surface area contributed by atoms with E-state index in [4.69, 9.17) is 0 Å². The summed E-state index contributed by atoms with van der Waals surface area (Å²) in [5.41, 5.74) is 0. The minimum absolute atomic E-state index is 0. The zero-order valence-corrected chi connectivity index (χ0v) is 23.4. The summed E-state index contributed by atoms with van der Waals surface area (Å²) >= 11 is 0. The van der Waals surface area contributed by atoms with E-state index in [0.29, 0.717) is 0 Å². The Balaban J connectivity index is -0.000000177. The molecule has 0 rings (SSSR count). The number of hydrogen-bond acceptors (Lipinski definition) is 2. The summed E-state index contributed by atoms with van der Waals surface area (Å²) in [4.78, 5) is 10.2. The molecule has 0 aliphatic rings. The van der Waals surface area contributed by atoms with E-state index in [9.17, 15) is 9.90 Å². The SMILES string of the molecule is CCCCCCCCCCCCCCCCCC(=O)[O-].C[CH-]C.C[CH-]C.C[CH-]C.[Ti+4]. The van der Waals surface area contributed by atoms with Crippen molar-refractivity contribution in [3.05, 3.63) is 19.3 Å². The van der Waals surface area contributed by atoms with E-state index in [1.165, 1.54) is 83.5 Å². The number of carbonyl (C=O) groups is 1. The second-order valence-electron chi connectivity index (χ2n) is 7.80. The van der Waals surface area contributed by atoms with Gasteiger partial charge in [-0.1, -0.05) is 96.8 Å². The van der Waals surface area contributed by atoms with Crippen molar-refractivity contribution in [2.24, 2.45) is 0 Å². The van der Waals surface area contributed by atoms with Gasteiger partial charge in [-0.25, -0.2) is 0 Å². The van der Waals surface area contributed by atoms with Gasteiger partial charge in [0.05, 0.1) is 0 Å². The van der Waals surface area contributed by atoms with Gasteiger partial charge in [-0.15, -0.1) is 0 Å².